The highest BCUT2D eigenvalue weighted by Gasteiger charge is 2.23. The molecular weight excluding hydrogens is 335 g/mol. The molecule has 0 saturated carbocycles. The van der Waals surface area contributed by atoms with Crippen LogP contribution in [0.1, 0.15) is 26.5 Å². The largest absolute Gasteiger partial charge is 0.460 e. The van der Waals surface area contributed by atoms with E-state index in [4.69, 9.17) is 4.74 Å². The number of benzene rings is 1. The van der Waals surface area contributed by atoms with Gasteiger partial charge in [-0.3, -0.25) is 4.79 Å². The molecule has 2 aromatic rings. The number of hydrogen-bond acceptors (Lipinski definition) is 6. The zero-order chi connectivity index (χ0) is 18.9. The molecule has 26 heavy (non-hydrogen) atoms. The fourth-order valence-electron chi connectivity index (χ4n) is 2.99. The predicted molar refractivity (Wildman–Crippen MR) is 98.8 cm³/mol. The maximum Gasteiger partial charge on any atom is 0.312 e. The molecule has 2 heterocycles. The van der Waals surface area contributed by atoms with Gasteiger partial charge in [0.25, 0.3) is 0 Å². The number of likely N-dealkylation sites (N-methyl/N-ethyl adjacent to an activating group) is 1. The third kappa shape index (κ3) is 4.27. The Bertz CT molecular complexity index is 811. The summed E-state index contributed by atoms with van der Waals surface area (Å²) in [5.74, 6) is -0.314. The van der Waals surface area contributed by atoms with Gasteiger partial charge in [-0.05, 0) is 40.0 Å². The summed E-state index contributed by atoms with van der Waals surface area (Å²) < 4.78 is 19.8. The van der Waals surface area contributed by atoms with E-state index < -0.39 is 17.4 Å². The molecule has 1 saturated heterocycles. The molecule has 1 aromatic heterocycles. The molecule has 1 fully saturated rings. The van der Waals surface area contributed by atoms with Crippen LogP contribution in [0.2, 0.25) is 0 Å². The van der Waals surface area contributed by atoms with E-state index in [1.807, 2.05) is 0 Å². The Morgan fingerprint density at radius 1 is 1.19 bits per heavy atom. The second kappa shape index (κ2) is 7.15. The topological polar surface area (TPSA) is 58.6 Å². The number of carbonyl (C=O) groups is 1. The van der Waals surface area contributed by atoms with Crippen molar-refractivity contribution in [2.75, 3.05) is 38.1 Å². The Hall–Kier alpha value is -2.28. The molecule has 0 radical (unpaired) electrons. The highest BCUT2D eigenvalue weighted by Crippen LogP contribution is 2.24. The molecule has 3 rings (SSSR count). The highest BCUT2D eigenvalue weighted by atomic mass is 19.1. The summed E-state index contributed by atoms with van der Waals surface area (Å²) in [5, 5.41) is 0.288. The van der Waals surface area contributed by atoms with Crippen molar-refractivity contribution in [2.24, 2.45) is 0 Å². The van der Waals surface area contributed by atoms with Crippen molar-refractivity contribution < 1.29 is 13.9 Å². The lowest BCUT2D eigenvalue weighted by molar-refractivity contribution is -0.153. The van der Waals surface area contributed by atoms with Crippen molar-refractivity contribution in [2.45, 2.75) is 32.8 Å². The van der Waals surface area contributed by atoms with Crippen LogP contribution in [0.5, 0.6) is 0 Å². The van der Waals surface area contributed by atoms with Crippen LogP contribution in [0.4, 0.5) is 10.3 Å². The second-order valence-electron chi connectivity index (χ2n) is 7.66. The number of hydrogen-bond donors (Lipinski definition) is 0. The fraction of sp³-hybridized carbons (Fsp3) is 0.526. The van der Waals surface area contributed by atoms with E-state index in [9.17, 15) is 9.18 Å². The molecule has 1 aromatic carbocycles. The predicted octanol–water partition coefficient (Wildman–Crippen LogP) is 2.40. The average molecular weight is 360 g/mol. The SMILES string of the molecule is CN1CCN(c2nc(CC(=O)OC(C)(C)C)c3c(F)cccc3n2)CC1. The Morgan fingerprint density at radius 2 is 1.88 bits per heavy atom. The van der Waals surface area contributed by atoms with Crippen molar-refractivity contribution in [3.8, 4) is 0 Å². The van der Waals surface area contributed by atoms with Crippen LogP contribution >= 0.6 is 0 Å². The van der Waals surface area contributed by atoms with Gasteiger partial charge >= 0.3 is 5.97 Å². The monoisotopic (exact) mass is 360 g/mol. The number of carbonyl (C=O) groups excluding carboxylic acids is 1. The maximum atomic E-state index is 14.4. The van der Waals surface area contributed by atoms with Gasteiger partial charge in [0.1, 0.15) is 11.4 Å². The molecule has 0 atom stereocenters. The van der Waals surface area contributed by atoms with Crippen molar-refractivity contribution in [3.63, 3.8) is 0 Å². The van der Waals surface area contributed by atoms with Crippen LogP contribution in [0.3, 0.4) is 0 Å². The smallest absolute Gasteiger partial charge is 0.312 e. The third-order valence-electron chi connectivity index (χ3n) is 4.25. The van der Waals surface area contributed by atoms with E-state index >= 15 is 0 Å². The van der Waals surface area contributed by atoms with Crippen LogP contribution in [-0.2, 0) is 16.0 Å². The summed E-state index contributed by atoms with van der Waals surface area (Å²) in [6, 6.07) is 4.73. The van der Waals surface area contributed by atoms with Crippen molar-refractivity contribution in [1.29, 1.82) is 0 Å². The van der Waals surface area contributed by atoms with Gasteiger partial charge in [0, 0.05) is 26.2 Å². The molecule has 1 aliphatic rings. The molecule has 6 nitrogen and oxygen atoms in total. The first-order valence-electron chi connectivity index (χ1n) is 8.83. The number of esters is 1. The number of ether oxygens (including phenoxy) is 1. The van der Waals surface area contributed by atoms with Gasteiger partial charge in [-0.1, -0.05) is 6.07 Å². The number of aromatic nitrogens is 2. The summed E-state index contributed by atoms with van der Waals surface area (Å²) in [7, 11) is 2.07. The average Bonchev–Trinajstić information content (AvgIpc) is 2.53. The Balaban J connectivity index is 1.97. The lowest BCUT2D eigenvalue weighted by Gasteiger charge is -2.32. The van der Waals surface area contributed by atoms with E-state index in [2.05, 4.69) is 26.8 Å². The van der Waals surface area contributed by atoms with Crippen molar-refractivity contribution in [1.82, 2.24) is 14.9 Å². The zero-order valence-corrected chi connectivity index (χ0v) is 15.8. The number of nitrogens with zero attached hydrogens (tertiary/aromatic N) is 4. The van der Waals surface area contributed by atoms with Crippen molar-refractivity contribution in [3.05, 3.63) is 29.7 Å². The van der Waals surface area contributed by atoms with Gasteiger partial charge in [0.15, 0.2) is 0 Å². The molecular formula is C19H25FN4O2. The van der Waals surface area contributed by atoms with Gasteiger partial charge < -0.3 is 14.5 Å². The number of piperazine rings is 1. The first-order chi connectivity index (χ1) is 12.2. The quantitative estimate of drug-likeness (QED) is 0.784. The Morgan fingerprint density at radius 3 is 2.54 bits per heavy atom. The first-order valence-corrected chi connectivity index (χ1v) is 8.83. The van der Waals surface area contributed by atoms with E-state index in [-0.39, 0.29) is 11.8 Å². The summed E-state index contributed by atoms with van der Waals surface area (Å²) in [6.07, 6.45) is -0.0854. The van der Waals surface area contributed by atoms with Gasteiger partial charge in [0.2, 0.25) is 5.95 Å². The maximum absolute atomic E-state index is 14.4. The van der Waals surface area contributed by atoms with Gasteiger partial charge in [-0.25, -0.2) is 14.4 Å². The lowest BCUT2D eigenvalue weighted by Crippen LogP contribution is -2.45. The standard InChI is InChI=1S/C19H25FN4O2/c1-19(2,3)26-16(25)12-15-17-13(20)6-5-7-14(17)21-18(22-15)24-10-8-23(4)9-11-24/h5-7H,8-12H2,1-4H3. The minimum absolute atomic E-state index is 0.0854. The molecule has 0 unspecified atom stereocenters. The van der Waals surface area contributed by atoms with E-state index in [0.717, 1.165) is 26.2 Å². The first kappa shape index (κ1) is 18.5. The normalized spacial score (nSPS) is 16.1. The lowest BCUT2D eigenvalue weighted by atomic mass is 10.1. The number of anilines is 1. The minimum atomic E-state index is -0.598. The summed E-state index contributed by atoms with van der Waals surface area (Å²) >= 11 is 0. The minimum Gasteiger partial charge on any atom is -0.460 e. The molecule has 0 spiro atoms. The second-order valence-corrected chi connectivity index (χ2v) is 7.66. The summed E-state index contributed by atoms with van der Waals surface area (Å²) in [6.45, 7) is 8.82. The Labute approximate surface area is 153 Å². The van der Waals surface area contributed by atoms with E-state index in [0.29, 0.717) is 17.2 Å². The van der Waals surface area contributed by atoms with Crippen molar-refractivity contribution >= 4 is 22.8 Å². The van der Waals surface area contributed by atoms with Gasteiger partial charge in [0.05, 0.1) is 23.0 Å². The summed E-state index contributed by atoms with van der Waals surface area (Å²) in [5.41, 5.74) is 0.280. The molecule has 0 aliphatic carbocycles. The van der Waals surface area contributed by atoms with Gasteiger partial charge in [-0.2, -0.15) is 0 Å². The van der Waals surface area contributed by atoms with Crippen LogP contribution < -0.4 is 4.90 Å². The highest BCUT2D eigenvalue weighted by molar-refractivity contribution is 5.86. The van der Waals surface area contributed by atoms with Crippen LogP contribution in [0.15, 0.2) is 18.2 Å². The number of rotatable bonds is 3. The van der Waals surface area contributed by atoms with Crippen LogP contribution in [0.25, 0.3) is 10.9 Å². The van der Waals surface area contributed by atoms with Gasteiger partial charge in [-0.15, -0.1) is 0 Å². The molecule has 140 valence electrons. The molecule has 0 bridgehead atoms. The molecule has 0 N–H and O–H groups in total. The number of halogens is 1. The van der Waals surface area contributed by atoms with Crippen LogP contribution in [-0.4, -0.2) is 59.7 Å². The van der Waals surface area contributed by atoms with E-state index in [1.165, 1.54) is 6.07 Å². The molecule has 7 heteroatoms. The molecule has 1 aliphatic heterocycles. The van der Waals surface area contributed by atoms with E-state index in [1.54, 1.807) is 32.9 Å². The number of fused-ring (bicyclic) bond motifs is 1. The molecule has 0 amide bonds. The van der Waals surface area contributed by atoms with Crippen LogP contribution in [0, 0.1) is 5.82 Å². The summed E-state index contributed by atoms with van der Waals surface area (Å²) in [4.78, 5) is 25.7. The Kier molecular flexibility index (Phi) is 5.09. The fourth-order valence-corrected chi connectivity index (χ4v) is 2.99. The zero-order valence-electron chi connectivity index (χ0n) is 15.8. The third-order valence-corrected chi connectivity index (χ3v) is 4.25.